The molecule has 6 heteroatoms. The number of hydrogen-bond acceptors (Lipinski definition) is 6. The Bertz CT molecular complexity index is 1420. The van der Waals surface area contributed by atoms with Crippen LogP contribution in [-0.2, 0) is 28.6 Å². The summed E-state index contributed by atoms with van der Waals surface area (Å²) in [5.74, 6) is -0.910. The van der Waals surface area contributed by atoms with Crippen molar-refractivity contribution in [2.45, 2.75) is 348 Å². The van der Waals surface area contributed by atoms with Crippen LogP contribution in [0.5, 0.6) is 0 Å². The molecule has 0 fully saturated rings. The molecule has 0 N–H and O–H groups in total. The van der Waals surface area contributed by atoms with E-state index < -0.39 is 6.10 Å². The van der Waals surface area contributed by atoms with Crippen molar-refractivity contribution in [1.29, 1.82) is 0 Å². The van der Waals surface area contributed by atoms with Crippen LogP contribution in [0.25, 0.3) is 0 Å². The number of allylic oxidation sites excluding steroid dienone is 12. The van der Waals surface area contributed by atoms with E-state index in [1.54, 1.807) is 0 Å². The molecule has 0 radical (unpaired) electrons. The van der Waals surface area contributed by atoms with E-state index in [2.05, 4.69) is 93.7 Å². The molecule has 0 spiro atoms. The molecule has 77 heavy (non-hydrogen) atoms. The fourth-order valence-electron chi connectivity index (χ4n) is 9.70. The fraction of sp³-hybridized carbons (Fsp3) is 0.789. The van der Waals surface area contributed by atoms with Gasteiger partial charge in [0, 0.05) is 19.3 Å². The lowest BCUT2D eigenvalue weighted by molar-refractivity contribution is -0.167. The van der Waals surface area contributed by atoms with Gasteiger partial charge in [-0.3, -0.25) is 14.4 Å². The molecule has 0 saturated heterocycles. The molecule has 0 aliphatic heterocycles. The second kappa shape index (κ2) is 65.4. The van der Waals surface area contributed by atoms with Crippen molar-refractivity contribution in [3.63, 3.8) is 0 Å². The van der Waals surface area contributed by atoms with Crippen molar-refractivity contribution >= 4 is 17.9 Å². The predicted octanol–water partition coefficient (Wildman–Crippen LogP) is 22.9. The molecule has 1 atom stereocenters. The molecule has 0 aliphatic carbocycles. The number of ether oxygens (including phenoxy) is 3. The maximum Gasteiger partial charge on any atom is 0.306 e. The molecule has 6 nitrogen and oxygen atoms in total. The number of hydrogen-bond donors (Lipinski definition) is 0. The van der Waals surface area contributed by atoms with Crippen LogP contribution in [0.1, 0.15) is 342 Å². The highest BCUT2D eigenvalue weighted by Crippen LogP contribution is 2.17. The fourth-order valence-corrected chi connectivity index (χ4v) is 9.70. The van der Waals surface area contributed by atoms with Gasteiger partial charge in [0.2, 0.25) is 0 Å². The molecule has 0 aromatic carbocycles. The van der Waals surface area contributed by atoms with Crippen molar-refractivity contribution in [3.8, 4) is 0 Å². The first kappa shape index (κ1) is 73.8. The average molecular weight is 1080 g/mol. The van der Waals surface area contributed by atoms with Crippen LogP contribution in [0.15, 0.2) is 72.9 Å². The summed E-state index contributed by atoms with van der Waals surface area (Å²) in [5.41, 5.74) is 0. The zero-order valence-electron chi connectivity index (χ0n) is 51.2. The summed E-state index contributed by atoms with van der Waals surface area (Å²) in [6.45, 7) is 6.53. The quantitative estimate of drug-likeness (QED) is 0.0261. The van der Waals surface area contributed by atoms with E-state index >= 15 is 0 Å². The van der Waals surface area contributed by atoms with Gasteiger partial charge in [0.15, 0.2) is 6.10 Å². The SMILES string of the molecule is CC/C=C\C/C=C\C/C=C\C/C=C\CCCCC(=O)OCC(COC(=O)CCCCCCCCCCCCCCC/C=C\C/C=C\CCCCCCC)OC(=O)CCCCCCCCCCCCCCCCCCCCC. The molecule has 0 heterocycles. The maximum atomic E-state index is 12.9. The number of carbonyl (C=O) groups is 3. The molecule has 446 valence electrons. The van der Waals surface area contributed by atoms with Gasteiger partial charge >= 0.3 is 17.9 Å². The van der Waals surface area contributed by atoms with Crippen LogP contribution in [0, 0.1) is 0 Å². The summed E-state index contributed by atoms with van der Waals surface area (Å²) in [4.78, 5) is 38.4. The van der Waals surface area contributed by atoms with E-state index in [9.17, 15) is 14.4 Å². The third kappa shape index (κ3) is 63.6. The minimum absolute atomic E-state index is 0.0856. The summed E-state index contributed by atoms with van der Waals surface area (Å²) in [5, 5.41) is 0. The minimum atomic E-state index is -0.792. The molecular weight excluding hydrogens is 949 g/mol. The summed E-state index contributed by atoms with van der Waals surface area (Å²) in [6, 6.07) is 0. The van der Waals surface area contributed by atoms with E-state index in [1.165, 1.54) is 212 Å². The van der Waals surface area contributed by atoms with Gasteiger partial charge in [-0.25, -0.2) is 0 Å². The topological polar surface area (TPSA) is 78.9 Å². The Kier molecular flexibility index (Phi) is 62.7. The van der Waals surface area contributed by atoms with Crippen LogP contribution in [0.3, 0.4) is 0 Å². The Hall–Kier alpha value is -3.15. The largest absolute Gasteiger partial charge is 0.462 e. The van der Waals surface area contributed by atoms with Gasteiger partial charge in [-0.15, -0.1) is 0 Å². The van der Waals surface area contributed by atoms with Gasteiger partial charge in [-0.1, -0.05) is 306 Å². The van der Waals surface area contributed by atoms with E-state index in [1.807, 2.05) is 0 Å². The standard InChI is InChI=1S/C71H126O6/c1-4-7-10-13-16-19-22-25-28-30-32-33-34-35-36-37-39-40-43-46-49-52-55-58-61-64-70(73)76-67-68(66-75-69(72)63-60-57-54-51-48-45-42-27-24-21-18-15-12-9-6-3)77-71(74)65-62-59-56-53-50-47-44-41-38-31-29-26-23-20-17-14-11-8-5-2/h9,12,18,21-22,25,27,30,32,42,48,51,68H,4-8,10-11,13-17,19-20,23-24,26,28-29,31,33-41,43-47,49-50,52-67H2,1-3H3/b12-9-,21-18-,25-22-,32-30-,42-27-,51-48-. The molecule has 0 aromatic heterocycles. The van der Waals surface area contributed by atoms with Crippen LogP contribution in [-0.4, -0.2) is 37.2 Å². The van der Waals surface area contributed by atoms with Gasteiger partial charge in [-0.05, 0) is 89.9 Å². The Labute approximate surface area is 478 Å². The summed E-state index contributed by atoms with van der Waals surface area (Å²) in [6.07, 6.45) is 84.9. The number of esters is 3. The average Bonchev–Trinajstić information content (AvgIpc) is 3.43. The third-order valence-corrected chi connectivity index (χ3v) is 14.7. The smallest absolute Gasteiger partial charge is 0.306 e. The molecule has 0 aliphatic rings. The lowest BCUT2D eigenvalue weighted by atomic mass is 10.0. The highest BCUT2D eigenvalue weighted by Gasteiger charge is 2.19. The van der Waals surface area contributed by atoms with Crippen molar-refractivity contribution < 1.29 is 28.6 Å². The first-order valence-corrected chi connectivity index (χ1v) is 33.4. The van der Waals surface area contributed by atoms with Crippen molar-refractivity contribution in [3.05, 3.63) is 72.9 Å². The van der Waals surface area contributed by atoms with E-state index in [0.29, 0.717) is 19.3 Å². The van der Waals surface area contributed by atoms with Gasteiger partial charge in [0.25, 0.3) is 0 Å². The number of carbonyl (C=O) groups excluding carboxylic acids is 3. The molecule has 0 rings (SSSR count). The Balaban J connectivity index is 4.32. The van der Waals surface area contributed by atoms with Crippen LogP contribution in [0.4, 0.5) is 0 Å². The normalized spacial score (nSPS) is 12.5. The van der Waals surface area contributed by atoms with Crippen molar-refractivity contribution in [2.24, 2.45) is 0 Å². The Morgan fingerprint density at radius 3 is 0.818 bits per heavy atom. The van der Waals surface area contributed by atoms with Gasteiger partial charge in [0.05, 0.1) is 0 Å². The molecule has 0 saturated carbocycles. The molecule has 0 aromatic rings. The van der Waals surface area contributed by atoms with E-state index in [0.717, 1.165) is 89.9 Å². The second-order valence-electron chi connectivity index (χ2n) is 22.4. The molecule has 0 bridgehead atoms. The Morgan fingerprint density at radius 2 is 0.506 bits per heavy atom. The Morgan fingerprint density at radius 1 is 0.273 bits per heavy atom. The zero-order chi connectivity index (χ0) is 55.7. The first-order chi connectivity index (χ1) is 38.0. The van der Waals surface area contributed by atoms with E-state index in [4.69, 9.17) is 14.2 Å². The van der Waals surface area contributed by atoms with Crippen LogP contribution in [0.2, 0.25) is 0 Å². The minimum Gasteiger partial charge on any atom is -0.462 e. The predicted molar refractivity (Wildman–Crippen MR) is 335 cm³/mol. The maximum absolute atomic E-state index is 12.9. The van der Waals surface area contributed by atoms with Crippen molar-refractivity contribution in [2.75, 3.05) is 13.2 Å². The summed E-state index contributed by atoms with van der Waals surface area (Å²) < 4.78 is 16.9. The van der Waals surface area contributed by atoms with Gasteiger partial charge in [0.1, 0.15) is 13.2 Å². The lowest BCUT2D eigenvalue weighted by Gasteiger charge is -2.18. The lowest BCUT2D eigenvalue weighted by Crippen LogP contribution is -2.30. The van der Waals surface area contributed by atoms with Gasteiger partial charge in [-0.2, -0.15) is 0 Å². The van der Waals surface area contributed by atoms with Crippen LogP contribution < -0.4 is 0 Å². The number of unbranched alkanes of at least 4 members (excludes halogenated alkanes) is 38. The molecule has 1 unspecified atom stereocenters. The van der Waals surface area contributed by atoms with Crippen LogP contribution >= 0.6 is 0 Å². The zero-order valence-corrected chi connectivity index (χ0v) is 51.2. The molecular formula is C71H126O6. The first-order valence-electron chi connectivity index (χ1n) is 33.4. The summed E-state index contributed by atoms with van der Waals surface area (Å²) >= 11 is 0. The highest BCUT2D eigenvalue weighted by molar-refractivity contribution is 5.71. The molecule has 0 amide bonds. The monoisotopic (exact) mass is 1070 g/mol. The third-order valence-electron chi connectivity index (χ3n) is 14.7. The highest BCUT2D eigenvalue weighted by atomic mass is 16.6. The number of rotatable bonds is 61. The second-order valence-corrected chi connectivity index (χ2v) is 22.4. The van der Waals surface area contributed by atoms with Crippen molar-refractivity contribution in [1.82, 2.24) is 0 Å². The summed E-state index contributed by atoms with van der Waals surface area (Å²) in [7, 11) is 0. The van der Waals surface area contributed by atoms with Gasteiger partial charge < -0.3 is 14.2 Å². The van der Waals surface area contributed by atoms with E-state index in [-0.39, 0.29) is 31.1 Å².